The zero-order valence-electron chi connectivity index (χ0n) is 10.0. The minimum Gasteiger partial charge on any atom is -0.308 e. The Morgan fingerprint density at radius 1 is 1.25 bits per heavy atom. The third-order valence-electron chi connectivity index (χ3n) is 3.29. The van der Waals surface area contributed by atoms with E-state index >= 15 is 0 Å². The number of halogens is 1. The standard InChI is InChI=1S/C14H20BrN/c1-10(9-12-3-4-12)16-11(2)13-5-7-14(15)8-6-13/h5-8,10-12,16H,3-4,9H2,1-2H3. The van der Waals surface area contributed by atoms with Gasteiger partial charge in [0.05, 0.1) is 0 Å². The molecule has 0 saturated heterocycles. The molecule has 1 aliphatic rings. The first kappa shape index (κ1) is 12.1. The molecule has 0 bridgehead atoms. The van der Waals surface area contributed by atoms with Gasteiger partial charge in [-0.15, -0.1) is 0 Å². The van der Waals surface area contributed by atoms with Crippen LogP contribution in [0.2, 0.25) is 0 Å². The van der Waals surface area contributed by atoms with Crippen molar-refractivity contribution in [1.82, 2.24) is 5.32 Å². The minimum atomic E-state index is 0.446. The quantitative estimate of drug-likeness (QED) is 0.849. The molecule has 1 nitrogen and oxygen atoms in total. The molecule has 2 rings (SSSR count). The highest BCUT2D eigenvalue weighted by molar-refractivity contribution is 9.10. The van der Waals surface area contributed by atoms with Crippen LogP contribution >= 0.6 is 15.9 Å². The maximum Gasteiger partial charge on any atom is 0.0294 e. The Morgan fingerprint density at radius 2 is 1.88 bits per heavy atom. The summed E-state index contributed by atoms with van der Waals surface area (Å²) in [5.41, 5.74) is 1.37. The lowest BCUT2D eigenvalue weighted by Crippen LogP contribution is -2.29. The van der Waals surface area contributed by atoms with Crippen molar-refractivity contribution in [1.29, 1.82) is 0 Å². The van der Waals surface area contributed by atoms with Crippen molar-refractivity contribution < 1.29 is 0 Å². The van der Waals surface area contributed by atoms with E-state index in [0.717, 1.165) is 10.4 Å². The first-order valence-electron chi connectivity index (χ1n) is 6.16. The molecule has 0 radical (unpaired) electrons. The molecule has 0 aliphatic heterocycles. The molecule has 1 fully saturated rings. The molecule has 1 N–H and O–H groups in total. The van der Waals surface area contributed by atoms with Crippen molar-refractivity contribution in [2.45, 2.75) is 45.2 Å². The highest BCUT2D eigenvalue weighted by Crippen LogP contribution is 2.33. The van der Waals surface area contributed by atoms with Gasteiger partial charge in [-0.3, -0.25) is 0 Å². The van der Waals surface area contributed by atoms with Crippen LogP contribution in [0.25, 0.3) is 0 Å². The Kier molecular flexibility index (Phi) is 4.04. The monoisotopic (exact) mass is 281 g/mol. The second-order valence-corrected chi connectivity index (χ2v) is 5.94. The van der Waals surface area contributed by atoms with Gasteiger partial charge in [0, 0.05) is 16.6 Å². The first-order chi connectivity index (χ1) is 7.65. The molecular formula is C14H20BrN. The second kappa shape index (κ2) is 5.33. The summed E-state index contributed by atoms with van der Waals surface area (Å²) < 4.78 is 1.15. The van der Waals surface area contributed by atoms with E-state index in [4.69, 9.17) is 0 Å². The van der Waals surface area contributed by atoms with Crippen molar-refractivity contribution >= 4 is 15.9 Å². The molecule has 1 aromatic carbocycles. The molecule has 0 heterocycles. The van der Waals surface area contributed by atoms with E-state index in [1.54, 1.807) is 0 Å². The second-order valence-electron chi connectivity index (χ2n) is 5.02. The fourth-order valence-electron chi connectivity index (χ4n) is 2.20. The van der Waals surface area contributed by atoms with Crippen LogP contribution in [-0.2, 0) is 0 Å². The SMILES string of the molecule is CC(CC1CC1)NC(C)c1ccc(Br)cc1. The van der Waals surface area contributed by atoms with Crippen LogP contribution in [0.5, 0.6) is 0 Å². The third-order valence-corrected chi connectivity index (χ3v) is 3.82. The van der Waals surface area contributed by atoms with Crippen LogP contribution in [0.3, 0.4) is 0 Å². The molecule has 1 aliphatic carbocycles. The van der Waals surface area contributed by atoms with Gasteiger partial charge in [-0.1, -0.05) is 40.9 Å². The smallest absolute Gasteiger partial charge is 0.0294 e. The van der Waals surface area contributed by atoms with Crippen LogP contribution in [0.1, 0.15) is 44.7 Å². The van der Waals surface area contributed by atoms with Crippen LogP contribution in [0.4, 0.5) is 0 Å². The van der Waals surface area contributed by atoms with Gasteiger partial charge in [-0.25, -0.2) is 0 Å². The topological polar surface area (TPSA) is 12.0 Å². The summed E-state index contributed by atoms with van der Waals surface area (Å²) in [6, 6.07) is 9.67. The summed E-state index contributed by atoms with van der Waals surface area (Å²) in [5.74, 6) is 1.000. The van der Waals surface area contributed by atoms with E-state index in [-0.39, 0.29) is 0 Å². The van der Waals surface area contributed by atoms with Crippen molar-refractivity contribution in [3.05, 3.63) is 34.3 Å². The summed E-state index contributed by atoms with van der Waals surface area (Å²) in [4.78, 5) is 0. The van der Waals surface area contributed by atoms with Gasteiger partial charge < -0.3 is 5.32 Å². The van der Waals surface area contributed by atoms with E-state index in [1.165, 1.54) is 24.8 Å². The van der Waals surface area contributed by atoms with Gasteiger partial charge in [-0.2, -0.15) is 0 Å². The van der Waals surface area contributed by atoms with Crippen LogP contribution in [0, 0.1) is 5.92 Å². The zero-order valence-corrected chi connectivity index (χ0v) is 11.6. The summed E-state index contributed by atoms with van der Waals surface area (Å²) in [6.07, 6.45) is 4.22. The van der Waals surface area contributed by atoms with Crippen molar-refractivity contribution in [3.63, 3.8) is 0 Å². The fraction of sp³-hybridized carbons (Fsp3) is 0.571. The molecule has 2 heteroatoms. The Labute approximate surface area is 107 Å². The normalized spacial score (nSPS) is 19.4. The summed E-state index contributed by atoms with van der Waals surface area (Å²) in [6.45, 7) is 4.54. The molecule has 0 amide bonds. The Morgan fingerprint density at radius 3 is 2.44 bits per heavy atom. The predicted octanol–water partition coefficient (Wildman–Crippen LogP) is 4.29. The van der Waals surface area contributed by atoms with Crippen LogP contribution < -0.4 is 5.32 Å². The third kappa shape index (κ3) is 3.60. The summed E-state index contributed by atoms with van der Waals surface area (Å²) in [5, 5.41) is 3.67. The lowest BCUT2D eigenvalue weighted by molar-refractivity contribution is 0.438. The summed E-state index contributed by atoms with van der Waals surface area (Å²) in [7, 11) is 0. The van der Waals surface area contributed by atoms with Gasteiger partial charge in [0.2, 0.25) is 0 Å². The average molecular weight is 282 g/mol. The maximum absolute atomic E-state index is 3.67. The van der Waals surface area contributed by atoms with Crippen molar-refractivity contribution in [3.8, 4) is 0 Å². The lowest BCUT2D eigenvalue weighted by Gasteiger charge is -2.20. The van der Waals surface area contributed by atoms with Crippen LogP contribution in [0.15, 0.2) is 28.7 Å². The number of benzene rings is 1. The largest absolute Gasteiger partial charge is 0.308 e. The highest BCUT2D eigenvalue weighted by Gasteiger charge is 2.24. The maximum atomic E-state index is 3.67. The Bertz CT molecular complexity index is 329. The van der Waals surface area contributed by atoms with E-state index in [1.807, 2.05) is 0 Å². The Hall–Kier alpha value is -0.340. The molecule has 2 unspecified atom stereocenters. The van der Waals surface area contributed by atoms with Gasteiger partial charge in [-0.05, 0) is 43.9 Å². The minimum absolute atomic E-state index is 0.446. The number of rotatable bonds is 5. The van der Waals surface area contributed by atoms with E-state index in [0.29, 0.717) is 12.1 Å². The van der Waals surface area contributed by atoms with Gasteiger partial charge in [0.15, 0.2) is 0 Å². The van der Waals surface area contributed by atoms with Gasteiger partial charge in [0.1, 0.15) is 0 Å². The average Bonchev–Trinajstić information content (AvgIpc) is 3.02. The van der Waals surface area contributed by atoms with Gasteiger partial charge in [0.25, 0.3) is 0 Å². The Balaban J connectivity index is 1.85. The lowest BCUT2D eigenvalue weighted by atomic mass is 10.1. The number of hydrogen-bond donors (Lipinski definition) is 1. The van der Waals surface area contributed by atoms with E-state index in [9.17, 15) is 0 Å². The fourth-order valence-corrected chi connectivity index (χ4v) is 2.46. The van der Waals surface area contributed by atoms with E-state index < -0.39 is 0 Å². The van der Waals surface area contributed by atoms with E-state index in [2.05, 4.69) is 59.4 Å². The highest BCUT2D eigenvalue weighted by atomic mass is 79.9. The molecule has 1 aromatic rings. The molecule has 0 spiro atoms. The van der Waals surface area contributed by atoms with Gasteiger partial charge >= 0.3 is 0 Å². The molecule has 2 atom stereocenters. The van der Waals surface area contributed by atoms with Crippen LogP contribution in [-0.4, -0.2) is 6.04 Å². The van der Waals surface area contributed by atoms with Crippen molar-refractivity contribution in [2.75, 3.05) is 0 Å². The predicted molar refractivity (Wildman–Crippen MR) is 72.5 cm³/mol. The summed E-state index contributed by atoms with van der Waals surface area (Å²) >= 11 is 3.47. The first-order valence-corrected chi connectivity index (χ1v) is 6.96. The molecule has 16 heavy (non-hydrogen) atoms. The molecule has 0 aromatic heterocycles. The molecule has 88 valence electrons. The van der Waals surface area contributed by atoms with Crippen molar-refractivity contribution in [2.24, 2.45) is 5.92 Å². The number of nitrogens with one attached hydrogen (secondary N) is 1. The molecular weight excluding hydrogens is 262 g/mol. The zero-order chi connectivity index (χ0) is 11.5. The number of hydrogen-bond acceptors (Lipinski definition) is 1. The molecule has 1 saturated carbocycles.